The summed E-state index contributed by atoms with van der Waals surface area (Å²) in [6, 6.07) is 9.45. The van der Waals surface area contributed by atoms with Crippen LogP contribution in [0.3, 0.4) is 0 Å². The number of hydrogen-bond donors (Lipinski definition) is 0. The van der Waals surface area contributed by atoms with Gasteiger partial charge in [0.1, 0.15) is 11.9 Å². The smallest absolute Gasteiger partial charge is 0.281 e. The lowest BCUT2D eigenvalue weighted by atomic mass is 10.2. The van der Waals surface area contributed by atoms with Crippen molar-refractivity contribution in [3.05, 3.63) is 58.6 Å². The summed E-state index contributed by atoms with van der Waals surface area (Å²) >= 11 is 0. The maximum atomic E-state index is 12.6. The van der Waals surface area contributed by atoms with Crippen molar-refractivity contribution >= 4 is 11.0 Å². The van der Waals surface area contributed by atoms with Gasteiger partial charge in [-0.25, -0.2) is 9.36 Å². The first-order valence-electron chi connectivity index (χ1n) is 7.83. The van der Waals surface area contributed by atoms with Crippen molar-refractivity contribution in [2.24, 2.45) is 0 Å². The number of benzene rings is 1. The van der Waals surface area contributed by atoms with Gasteiger partial charge in [-0.1, -0.05) is 42.4 Å². The molecule has 0 aliphatic carbocycles. The minimum absolute atomic E-state index is 0.0918. The molecule has 9 heteroatoms. The Bertz CT molecular complexity index is 1080. The fourth-order valence-electron chi connectivity index (χ4n) is 2.43. The topological polar surface area (TPSA) is 105 Å². The standard InChI is InChI=1S/C16H15N7O2/c1-10(2)15-18-13(20-25-15)9-22-16(24)12-8-17-23(14(12)19-21-22)11-6-4-3-5-7-11/h3-8,10H,9H2,1-2H3. The zero-order valence-corrected chi connectivity index (χ0v) is 13.7. The number of aromatic nitrogens is 7. The first-order valence-corrected chi connectivity index (χ1v) is 7.83. The molecule has 3 heterocycles. The lowest BCUT2D eigenvalue weighted by Gasteiger charge is -2.03. The Morgan fingerprint density at radius 2 is 2.00 bits per heavy atom. The monoisotopic (exact) mass is 337 g/mol. The van der Waals surface area contributed by atoms with E-state index in [-0.39, 0.29) is 18.0 Å². The summed E-state index contributed by atoms with van der Waals surface area (Å²) in [4.78, 5) is 16.9. The highest BCUT2D eigenvalue weighted by molar-refractivity contribution is 5.74. The van der Waals surface area contributed by atoms with Crippen LogP contribution in [0.5, 0.6) is 0 Å². The molecule has 0 fully saturated rings. The Hall–Kier alpha value is -3.36. The van der Waals surface area contributed by atoms with Crippen LogP contribution in [0.25, 0.3) is 16.7 Å². The van der Waals surface area contributed by atoms with E-state index in [1.54, 1.807) is 4.68 Å². The van der Waals surface area contributed by atoms with Gasteiger partial charge < -0.3 is 4.52 Å². The second-order valence-corrected chi connectivity index (χ2v) is 5.88. The number of hydrogen-bond acceptors (Lipinski definition) is 7. The fraction of sp³-hybridized carbons (Fsp3) is 0.250. The molecule has 0 saturated carbocycles. The summed E-state index contributed by atoms with van der Waals surface area (Å²) in [5, 5.41) is 16.6. The minimum Gasteiger partial charge on any atom is -0.339 e. The van der Waals surface area contributed by atoms with E-state index in [9.17, 15) is 4.79 Å². The molecule has 9 nitrogen and oxygen atoms in total. The summed E-state index contributed by atoms with van der Waals surface area (Å²) < 4.78 is 7.93. The zero-order chi connectivity index (χ0) is 17.4. The number of rotatable bonds is 4. The van der Waals surface area contributed by atoms with Gasteiger partial charge in [0.15, 0.2) is 11.5 Å². The second kappa shape index (κ2) is 5.93. The Kier molecular flexibility index (Phi) is 3.60. The van der Waals surface area contributed by atoms with Crippen LogP contribution in [-0.2, 0) is 6.54 Å². The van der Waals surface area contributed by atoms with Gasteiger partial charge in [-0.3, -0.25) is 4.79 Å². The number of fused-ring (bicyclic) bond motifs is 1. The van der Waals surface area contributed by atoms with E-state index in [4.69, 9.17) is 4.52 Å². The summed E-state index contributed by atoms with van der Waals surface area (Å²) in [5.41, 5.74) is 0.912. The van der Waals surface area contributed by atoms with Gasteiger partial charge in [-0.2, -0.15) is 10.1 Å². The molecule has 0 amide bonds. The summed E-state index contributed by atoms with van der Waals surface area (Å²) in [7, 11) is 0. The van der Waals surface area contributed by atoms with Gasteiger partial charge in [0.25, 0.3) is 5.56 Å². The van der Waals surface area contributed by atoms with Crippen molar-refractivity contribution in [3.63, 3.8) is 0 Å². The average Bonchev–Trinajstić information content (AvgIpc) is 3.25. The van der Waals surface area contributed by atoms with E-state index in [1.807, 2.05) is 44.2 Å². The molecule has 1 aromatic carbocycles. The predicted octanol–water partition coefficient (Wildman–Crippen LogP) is 1.53. The molecule has 0 aliphatic heterocycles. The molecule has 0 bridgehead atoms. The van der Waals surface area contributed by atoms with Gasteiger partial charge in [-0.15, -0.1) is 5.10 Å². The van der Waals surface area contributed by atoms with Crippen LogP contribution in [0.4, 0.5) is 0 Å². The van der Waals surface area contributed by atoms with Crippen molar-refractivity contribution in [2.45, 2.75) is 26.3 Å². The van der Waals surface area contributed by atoms with E-state index in [0.717, 1.165) is 5.69 Å². The maximum Gasteiger partial charge on any atom is 0.281 e. The first kappa shape index (κ1) is 15.2. The quantitative estimate of drug-likeness (QED) is 0.556. The highest BCUT2D eigenvalue weighted by atomic mass is 16.5. The zero-order valence-electron chi connectivity index (χ0n) is 13.7. The first-order chi connectivity index (χ1) is 12.1. The Morgan fingerprint density at radius 3 is 2.72 bits per heavy atom. The van der Waals surface area contributed by atoms with Crippen molar-refractivity contribution < 1.29 is 4.52 Å². The molecule has 25 heavy (non-hydrogen) atoms. The van der Waals surface area contributed by atoms with E-state index < -0.39 is 0 Å². The largest absolute Gasteiger partial charge is 0.339 e. The molecule has 0 N–H and O–H groups in total. The highest BCUT2D eigenvalue weighted by Gasteiger charge is 2.15. The lowest BCUT2D eigenvalue weighted by Crippen LogP contribution is -2.25. The Morgan fingerprint density at radius 1 is 1.20 bits per heavy atom. The molecule has 4 rings (SSSR count). The van der Waals surface area contributed by atoms with Crippen LogP contribution in [0.1, 0.15) is 31.5 Å². The van der Waals surface area contributed by atoms with Crippen LogP contribution in [0.2, 0.25) is 0 Å². The van der Waals surface area contributed by atoms with E-state index in [1.165, 1.54) is 10.9 Å². The molecular formula is C16H15N7O2. The van der Waals surface area contributed by atoms with Gasteiger partial charge in [0, 0.05) is 5.92 Å². The van der Waals surface area contributed by atoms with Crippen molar-refractivity contribution in [3.8, 4) is 5.69 Å². The molecule has 4 aromatic rings. The molecular weight excluding hydrogens is 322 g/mol. The SMILES string of the molecule is CC(C)c1nc(Cn2nnc3c(cnn3-c3ccccc3)c2=O)no1. The highest BCUT2D eigenvalue weighted by Crippen LogP contribution is 2.13. The van der Waals surface area contributed by atoms with Gasteiger partial charge >= 0.3 is 0 Å². The third kappa shape index (κ3) is 2.69. The summed E-state index contributed by atoms with van der Waals surface area (Å²) in [6.07, 6.45) is 1.49. The molecule has 0 unspecified atom stereocenters. The van der Waals surface area contributed by atoms with Crippen LogP contribution in [0.15, 0.2) is 45.8 Å². The minimum atomic E-state index is -0.303. The lowest BCUT2D eigenvalue weighted by molar-refractivity contribution is 0.358. The van der Waals surface area contributed by atoms with Crippen molar-refractivity contribution in [1.82, 2.24) is 34.9 Å². The van der Waals surface area contributed by atoms with Crippen LogP contribution in [0, 0.1) is 0 Å². The predicted molar refractivity (Wildman–Crippen MR) is 88.4 cm³/mol. The fourth-order valence-corrected chi connectivity index (χ4v) is 2.43. The third-order valence-corrected chi connectivity index (χ3v) is 3.73. The van der Waals surface area contributed by atoms with Crippen molar-refractivity contribution in [2.75, 3.05) is 0 Å². The molecule has 0 atom stereocenters. The Balaban J connectivity index is 1.72. The van der Waals surface area contributed by atoms with E-state index in [0.29, 0.717) is 22.7 Å². The van der Waals surface area contributed by atoms with Crippen LogP contribution >= 0.6 is 0 Å². The van der Waals surface area contributed by atoms with E-state index >= 15 is 0 Å². The second-order valence-electron chi connectivity index (χ2n) is 5.88. The third-order valence-electron chi connectivity index (χ3n) is 3.73. The molecule has 0 spiro atoms. The maximum absolute atomic E-state index is 12.6. The molecule has 3 aromatic heterocycles. The normalized spacial score (nSPS) is 11.5. The van der Waals surface area contributed by atoms with Gasteiger partial charge in [0.2, 0.25) is 5.89 Å². The summed E-state index contributed by atoms with van der Waals surface area (Å²) in [6.45, 7) is 4.00. The molecule has 0 saturated heterocycles. The molecule has 0 radical (unpaired) electrons. The Labute approximate surface area is 141 Å². The van der Waals surface area contributed by atoms with Crippen LogP contribution in [-0.4, -0.2) is 34.9 Å². The number of nitrogens with zero attached hydrogens (tertiary/aromatic N) is 7. The van der Waals surface area contributed by atoms with Gasteiger partial charge in [-0.05, 0) is 12.1 Å². The molecule has 0 aliphatic rings. The van der Waals surface area contributed by atoms with Crippen LogP contribution < -0.4 is 5.56 Å². The average molecular weight is 337 g/mol. The number of para-hydroxylation sites is 1. The van der Waals surface area contributed by atoms with Crippen molar-refractivity contribution in [1.29, 1.82) is 0 Å². The van der Waals surface area contributed by atoms with E-state index in [2.05, 4.69) is 25.6 Å². The van der Waals surface area contributed by atoms with Gasteiger partial charge in [0.05, 0.1) is 11.9 Å². The summed E-state index contributed by atoms with van der Waals surface area (Å²) in [5.74, 6) is 1.03. The molecule has 126 valence electrons.